The summed E-state index contributed by atoms with van der Waals surface area (Å²) < 4.78 is 4.69. The summed E-state index contributed by atoms with van der Waals surface area (Å²) in [4.78, 5) is 15.8. The average molecular weight is 285 g/mol. The Morgan fingerprint density at radius 2 is 2.00 bits per heavy atom. The number of nitrogens with two attached hydrogens (primary N) is 1. The Morgan fingerprint density at radius 1 is 1.29 bits per heavy atom. The first-order valence-electron chi connectivity index (χ1n) is 6.72. The Labute approximate surface area is 124 Å². The van der Waals surface area contributed by atoms with Gasteiger partial charge in [0.25, 0.3) is 0 Å². The van der Waals surface area contributed by atoms with E-state index in [1.165, 1.54) is 7.11 Å². The second-order valence-corrected chi connectivity index (χ2v) is 4.72. The number of rotatable bonds is 5. The van der Waals surface area contributed by atoms with Crippen LogP contribution in [0.4, 0.5) is 5.82 Å². The summed E-state index contributed by atoms with van der Waals surface area (Å²) in [6.07, 6.45) is 0. The molecule has 0 bridgehead atoms. The number of methoxy groups -OCH3 is 1. The van der Waals surface area contributed by atoms with Gasteiger partial charge < -0.3 is 15.8 Å². The summed E-state index contributed by atoms with van der Waals surface area (Å²) in [6, 6.07) is 13.2. The van der Waals surface area contributed by atoms with E-state index in [-0.39, 0.29) is 12.0 Å². The van der Waals surface area contributed by atoms with Crippen molar-refractivity contribution < 1.29 is 9.53 Å². The average Bonchev–Trinajstić information content (AvgIpc) is 2.52. The molecule has 0 aliphatic heterocycles. The van der Waals surface area contributed by atoms with Crippen molar-refractivity contribution in [2.75, 3.05) is 19.0 Å². The molecule has 1 aromatic heterocycles. The smallest absolute Gasteiger partial charge is 0.339 e. The molecule has 5 nitrogen and oxygen atoms in total. The topological polar surface area (TPSA) is 77.2 Å². The number of carbonyl (C=O) groups is 1. The molecule has 1 aromatic carbocycles. The molecule has 0 aliphatic rings. The Balaban J connectivity index is 2.01. The first kappa shape index (κ1) is 15.0. The van der Waals surface area contributed by atoms with Crippen LogP contribution < -0.4 is 11.1 Å². The number of ether oxygens (including phenoxy) is 1. The maximum atomic E-state index is 11.5. The molecular weight excluding hydrogens is 266 g/mol. The van der Waals surface area contributed by atoms with Gasteiger partial charge in [-0.3, -0.25) is 0 Å². The van der Waals surface area contributed by atoms with Gasteiger partial charge in [-0.25, -0.2) is 9.78 Å². The molecule has 0 saturated carbocycles. The number of pyridine rings is 1. The zero-order valence-electron chi connectivity index (χ0n) is 12.2. The molecule has 0 fully saturated rings. The summed E-state index contributed by atoms with van der Waals surface area (Å²) in [5.74, 6) is 0.305. The van der Waals surface area contributed by atoms with Crippen molar-refractivity contribution in [3.8, 4) is 0 Å². The van der Waals surface area contributed by atoms with Crippen LogP contribution in [0, 0.1) is 6.92 Å². The van der Waals surface area contributed by atoms with Crippen molar-refractivity contribution in [3.05, 3.63) is 59.3 Å². The predicted molar refractivity (Wildman–Crippen MR) is 82.2 cm³/mol. The quantitative estimate of drug-likeness (QED) is 0.824. The normalized spacial score (nSPS) is 11.8. The van der Waals surface area contributed by atoms with Crippen LogP contribution in [0.25, 0.3) is 0 Å². The molecule has 2 rings (SSSR count). The van der Waals surface area contributed by atoms with Crippen LogP contribution in [0.5, 0.6) is 0 Å². The second-order valence-electron chi connectivity index (χ2n) is 4.72. The minimum Gasteiger partial charge on any atom is -0.465 e. The predicted octanol–water partition coefficient (Wildman–Crippen LogP) is 2.29. The minimum absolute atomic E-state index is 0.117. The van der Waals surface area contributed by atoms with Crippen molar-refractivity contribution >= 4 is 11.8 Å². The lowest BCUT2D eigenvalue weighted by atomic mass is 10.1. The van der Waals surface area contributed by atoms with Crippen LogP contribution in [-0.4, -0.2) is 24.6 Å². The van der Waals surface area contributed by atoms with Gasteiger partial charge in [0.1, 0.15) is 5.82 Å². The largest absolute Gasteiger partial charge is 0.465 e. The third-order valence-corrected chi connectivity index (χ3v) is 3.22. The number of aromatic nitrogens is 1. The third-order valence-electron chi connectivity index (χ3n) is 3.22. The van der Waals surface area contributed by atoms with Crippen molar-refractivity contribution in [2.45, 2.75) is 13.0 Å². The first-order chi connectivity index (χ1) is 10.1. The Morgan fingerprint density at radius 3 is 2.62 bits per heavy atom. The van der Waals surface area contributed by atoms with E-state index < -0.39 is 0 Å². The molecule has 2 aromatic rings. The van der Waals surface area contributed by atoms with Gasteiger partial charge in [-0.2, -0.15) is 0 Å². The summed E-state index contributed by atoms with van der Waals surface area (Å²) in [7, 11) is 1.35. The van der Waals surface area contributed by atoms with Crippen LogP contribution in [0.15, 0.2) is 42.5 Å². The number of aryl methyl sites for hydroxylation is 1. The van der Waals surface area contributed by atoms with Gasteiger partial charge in [0, 0.05) is 12.6 Å². The number of anilines is 1. The van der Waals surface area contributed by atoms with Crippen LogP contribution >= 0.6 is 0 Å². The number of hydrogen-bond acceptors (Lipinski definition) is 5. The van der Waals surface area contributed by atoms with Crippen LogP contribution in [0.3, 0.4) is 0 Å². The lowest BCUT2D eigenvalue weighted by Gasteiger charge is -2.14. The number of hydrogen-bond donors (Lipinski definition) is 2. The van der Waals surface area contributed by atoms with Gasteiger partial charge in [0.05, 0.1) is 18.4 Å². The summed E-state index contributed by atoms with van der Waals surface area (Å²) >= 11 is 0. The molecule has 0 radical (unpaired) electrons. The highest BCUT2D eigenvalue weighted by Gasteiger charge is 2.11. The summed E-state index contributed by atoms with van der Waals surface area (Å²) in [5.41, 5.74) is 8.27. The Kier molecular flexibility index (Phi) is 4.90. The van der Waals surface area contributed by atoms with Gasteiger partial charge in [-0.15, -0.1) is 0 Å². The van der Waals surface area contributed by atoms with Gasteiger partial charge in [-0.05, 0) is 24.6 Å². The number of nitrogens with zero attached hydrogens (tertiary/aromatic N) is 1. The lowest BCUT2D eigenvalue weighted by molar-refractivity contribution is 0.0599. The molecule has 110 valence electrons. The second kappa shape index (κ2) is 6.85. The lowest BCUT2D eigenvalue weighted by Crippen LogP contribution is -2.21. The van der Waals surface area contributed by atoms with E-state index in [4.69, 9.17) is 10.5 Å². The van der Waals surface area contributed by atoms with Crippen LogP contribution in [-0.2, 0) is 4.74 Å². The molecule has 0 amide bonds. The van der Waals surface area contributed by atoms with E-state index in [2.05, 4.69) is 10.3 Å². The molecule has 1 heterocycles. The highest BCUT2D eigenvalue weighted by atomic mass is 16.5. The molecule has 0 aliphatic carbocycles. The fourth-order valence-corrected chi connectivity index (χ4v) is 2.02. The van der Waals surface area contributed by atoms with Gasteiger partial charge in [0.2, 0.25) is 0 Å². The zero-order valence-corrected chi connectivity index (χ0v) is 12.2. The molecule has 1 unspecified atom stereocenters. The van der Waals surface area contributed by atoms with E-state index in [1.807, 2.05) is 30.3 Å². The number of nitrogens with one attached hydrogen (secondary N) is 1. The minimum atomic E-state index is -0.382. The number of carbonyl (C=O) groups excluding carboxylic acids is 1. The number of esters is 1. The molecule has 3 N–H and O–H groups in total. The van der Waals surface area contributed by atoms with Crippen molar-refractivity contribution in [3.63, 3.8) is 0 Å². The van der Waals surface area contributed by atoms with Gasteiger partial charge in [0.15, 0.2) is 0 Å². The molecular formula is C16H19N3O2. The fraction of sp³-hybridized carbons (Fsp3) is 0.250. The molecule has 1 atom stereocenters. The first-order valence-corrected chi connectivity index (χ1v) is 6.72. The molecule has 21 heavy (non-hydrogen) atoms. The van der Waals surface area contributed by atoms with E-state index >= 15 is 0 Å². The van der Waals surface area contributed by atoms with Crippen molar-refractivity contribution in [2.24, 2.45) is 5.73 Å². The van der Waals surface area contributed by atoms with E-state index in [0.29, 0.717) is 23.6 Å². The summed E-state index contributed by atoms with van der Waals surface area (Å²) in [6.45, 7) is 2.34. The molecule has 0 saturated heterocycles. The highest BCUT2D eigenvalue weighted by Crippen LogP contribution is 2.14. The Hall–Kier alpha value is -2.40. The highest BCUT2D eigenvalue weighted by molar-refractivity contribution is 5.90. The van der Waals surface area contributed by atoms with Gasteiger partial charge in [-0.1, -0.05) is 30.3 Å². The fourth-order valence-electron chi connectivity index (χ4n) is 2.02. The van der Waals surface area contributed by atoms with Gasteiger partial charge >= 0.3 is 5.97 Å². The van der Waals surface area contributed by atoms with E-state index in [0.717, 1.165) is 5.56 Å². The SMILES string of the molecule is COC(=O)c1ccc(NCC(N)c2ccccc2)nc1C. The standard InChI is InChI=1S/C16H19N3O2/c1-11-13(16(20)21-2)8-9-15(19-11)18-10-14(17)12-6-4-3-5-7-12/h3-9,14H,10,17H2,1-2H3,(H,18,19). The van der Waals surface area contributed by atoms with E-state index in [1.54, 1.807) is 19.1 Å². The zero-order chi connectivity index (χ0) is 15.2. The summed E-state index contributed by atoms with van der Waals surface area (Å²) in [5, 5.41) is 3.18. The molecule has 5 heteroatoms. The molecule has 0 spiro atoms. The van der Waals surface area contributed by atoms with E-state index in [9.17, 15) is 4.79 Å². The number of benzene rings is 1. The third kappa shape index (κ3) is 3.79. The van der Waals surface area contributed by atoms with Crippen LogP contribution in [0.1, 0.15) is 27.7 Å². The van der Waals surface area contributed by atoms with Crippen molar-refractivity contribution in [1.29, 1.82) is 0 Å². The monoisotopic (exact) mass is 285 g/mol. The maximum absolute atomic E-state index is 11.5. The van der Waals surface area contributed by atoms with Crippen LogP contribution in [0.2, 0.25) is 0 Å². The van der Waals surface area contributed by atoms with Crippen molar-refractivity contribution in [1.82, 2.24) is 4.98 Å². The Bertz CT molecular complexity index is 614. The maximum Gasteiger partial charge on any atom is 0.339 e.